The van der Waals surface area contributed by atoms with Gasteiger partial charge in [-0.2, -0.15) is 0 Å². The van der Waals surface area contributed by atoms with E-state index in [1.165, 1.54) is 18.2 Å². The van der Waals surface area contributed by atoms with Crippen molar-refractivity contribution in [1.82, 2.24) is 4.98 Å². The zero-order valence-corrected chi connectivity index (χ0v) is 13.6. The quantitative estimate of drug-likeness (QED) is 0.642. The highest BCUT2D eigenvalue weighted by Gasteiger charge is 2.22. The Morgan fingerprint density at radius 2 is 2.00 bits per heavy atom. The van der Waals surface area contributed by atoms with Crippen molar-refractivity contribution in [3.63, 3.8) is 0 Å². The Labute approximate surface area is 134 Å². The van der Waals surface area contributed by atoms with Crippen LogP contribution in [0.4, 0.5) is 11.4 Å². The minimum atomic E-state index is -3.67. The van der Waals surface area contributed by atoms with Crippen molar-refractivity contribution in [3.05, 3.63) is 57.9 Å². The number of anilines is 1. The van der Waals surface area contributed by atoms with Crippen molar-refractivity contribution < 1.29 is 13.3 Å². The molecule has 0 aliphatic rings. The molecule has 0 saturated heterocycles. The fraction of sp³-hybridized carbons (Fsp3) is 0.267. The van der Waals surface area contributed by atoms with Crippen LogP contribution in [0, 0.1) is 17.0 Å². The maximum atomic E-state index is 11.7. The number of sulfone groups is 1. The molecule has 23 heavy (non-hydrogen) atoms. The number of aryl methyl sites for hydroxylation is 1. The lowest BCUT2D eigenvalue weighted by Crippen LogP contribution is -2.08. The summed E-state index contributed by atoms with van der Waals surface area (Å²) in [5, 5.41) is 14.0. The standard InChI is InChI=1S/C15H17N3O4S/c1-11-3-4-12(10-17-11)7-8-16-13-5-6-14(18(19)20)15(9-13)23(2,21)22/h3-6,9-10,16H,7-8H2,1-2H3. The fourth-order valence-corrected chi connectivity index (χ4v) is 2.93. The maximum absolute atomic E-state index is 11.7. The maximum Gasteiger partial charge on any atom is 0.288 e. The molecule has 2 rings (SSSR count). The van der Waals surface area contributed by atoms with E-state index in [9.17, 15) is 18.5 Å². The van der Waals surface area contributed by atoms with Gasteiger partial charge in [0.2, 0.25) is 0 Å². The molecule has 7 nitrogen and oxygen atoms in total. The van der Waals surface area contributed by atoms with Gasteiger partial charge in [0.15, 0.2) is 9.84 Å². The number of hydrogen-bond donors (Lipinski definition) is 1. The van der Waals surface area contributed by atoms with Crippen molar-refractivity contribution in [2.75, 3.05) is 18.1 Å². The summed E-state index contributed by atoms with van der Waals surface area (Å²) >= 11 is 0. The summed E-state index contributed by atoms with van der Waals surface area (Å²) in [5.74, 6) is 0. The van der Waals surface area contributed by atoms with Gasteiger partial charge in [0.05, 0.1) is 4.92 Å². The molecule has 1 aromatic heterocycles. The molecule has 0 amide bonds. The normalized spacial score (nSPS) is 11.2. The van der Waals surface area contributed by atoms with Gasteiger partial charge in [0, 0.05) is 36.4 Å². The van der Waals surface area contributed by atoms with E-state index < -0.39 is 20.4 Å². The molecule has 1 heterocycles. The van der Waals surface area contributed by atoms with E-state index in [1.807, 2.05) is 19.1 Å². The lowest BCUT2D eigenvalue weighted by Gasteiger charge is -2.08. The summed E-state index contributed by atoms with van der Waals surface area (Å²) in [7, 11) is -3.67. The number of nitrogens with one attached hydrogen (secondary N) is 1. The SMILES string of the molecule is Cc1ccc(CCNc2ccc([N+](=O)[O-])c(S(C)(=O)=O)c2)cn1. The van der Waals surface area contributed by atoms with Gasteiger partial charge in [0.1, 0.15) is 4.90 Å². The molecule has 0 saturated carbocycles. The number of rotatable bonds is 6. The minimum absolute atomic E-state index is 0.287. The van der Waals surface area contributed by atoms with E-state index in [0.717, 1.165) is 17.5 Å². The average molecular weight is 335 g/mol. The van der Waals surface area contributed by atoms with E-state index in [1.54, 1.807) is 6.20 Å². The van der Waals surface area contributed by atoms with Crippen molar-refractivity contribution in [3.8, 4) is 0 Å². The Morgan fingerprint density at radius 3 is 2.57 bits per heavy atom. The number of pyridine rings is 1. The molecule has 0 spiro atoms. The van der Waals surface area contributed by atoms with E-state index in [2.05, 4.69) is 10.3 Å². The van der Waals surface area contributed by atoms with Crippen LogP contribution in [0.25, 0.3) is 0 Å². The smallest absolute Gasteiger partial charge is 0.288 e. The number of benzene rings is 1. The molecule has 0 aliphatic heterocycles. The molecule has 0 radical (unpaired) electrons. The van der Waals surface area contributed by atoms with E-state index in [4.69, 9.17) is 0 Å². The molecular formula is C15H17N3O4S. The van der Waals surface area contributed by atoms with Gasteiger partial charge < -0.3 is 5.32 Å². The van der Waals surface area contributed by atoms with Gasteiger partial charge >= 0.3 is 0 Å². The first-order valence-corrected chi connectivity index (χ1v) is 8.80. The molecule has 1 N–H and O–H groups in total. The first kappa shape index (κ1) is 16.9. The second-order valence-corrected chi connectivity index (χ2v) is 7.18. The summed E-state index contributed by atoms with van der Waals surface area (Å²) in [6.45, 7) is 2.47. The number of nitrogens with zero attached hydrogens (tertiary/aromatic N) is 2. The summed E-state index contributed by atoms with van der Waals surface area (Å²) in [6, 6.07) is 7.89. The predicted octanol–water partition coefficient (Wildman–Crippen LogP) is 2.36. The molecule has 1 aromatic carbocycles. The highest BCUT2D eigenvalue weighted by molar-refractivity contribution is 7.90. The van der Waals surface area contributed by atoms with Crippen molar-refractivity contribution >= 4 is 21.2 Å². The molecular weight excluding hydrogens is 318 g/mol. The Morgan fingerprint density at radius 1 is 1.26 bits per heavy atom. The highest BCUT2D eigenvalue weighted by atomic mass is 32.2. The topological polar surface area (TPSA) is 102 Å². The third-order valence-electron chi connectivity index (χ3n) is 3.27. The van der Waals surface area contributed by atoms with Crippen LogP contribution in [-0.4, -0.2) is 31.1 Å². The average Bonchev–Trinajstić information content (AvgIpc) is 2.48. The first-order valence-electron chi connectivity index (χ1n) is 6.91. The summed E-state index contributed by atoms with van der Waals surface area (Å²) in [4.78, 5) is 14.1. The molecule has 0 atom stereocenters. The van der Waals surface area contributed by atoms with Crippen LogP contribution in [0.15, 0.2) is 41.4 Å². The van der Waals surface area contributed by atoms with Crippen LogP contribution in [0.3, 0.4) is 0 Å². The van der Waals surface area contributed by atoms with Crippen LogP contribution < -0.4 is 5.32 Å². The van der Waals surface area contributed by atoms with Gasteiger partial charge in [-0.3, -0.25) is 15.1 Å². The van der Waals surface area contributed by atoms with Crippen LogP contribution in [0.2, 0.25) is 0 Å². The minimum Gasteiger partial charge on any atom is -0.385 e. The summed E-state index contributed by atoms with van der Waals surface area (Å²) in [5.41, 5.74) is 2.10. The second-order valence-electron chi connectivity index (χ2n) is 5.20. The van der Waals surface area contributed by atoms with Gasteiger partial charge in [-0.25, -0.2) is 8.42 Å². The third-order valence-corrected chi connectivity index (χ3v) is 4.40. The van der Waals surface area contributed by atoms with Crippen LogP contribution in [-0.2, 0) is 16.3 Å². The second kappa shape index (κ2) is 6.74. The van der Waals surface area contributed by atoms with Crippen LogP contribution >= 0.6 is 0 Å². The Balaban J connectivity index is 2.11. The number of nitro groups is 1. The van der Waals surface area contributed by atoms with Gasteiger partial charge in [-0.1, -0.05) is 6.07 Å². The van der Waals surface area contributed by atoms with Crippen LogP contribution in [0.1, 0.15) is 11.3 Å². The number of aromatic nitrogens is 1. The monoisotopic (exact) mass is 335 g/mol. The zero-order valence-electron chi connectivity index (χ0n) is 12.8. The molecule has 0 fully saturated rings. The molecule has 0 aliphatic carbocycles. The number of nitro benzene ring substituents is 1. The largest absolute Gasteiger partial charge is 0.385 e. The van der Waals surface area contributed by atoms with Gasteiger partial charge in [-0.05, 0) is 37.1 Å². The highest BCUT2D eigenvalue weighted by Crippen LogP contribution is 2.26. The molecule has 0 bridgehead atoms. The molecule has 0 unspecified atom stereocenters. The Bertz CT molecular complexity index is 817. The van der Waals surface area contributed by atoms with Gasteiger partial charge in [0.25, 0.3) is 5.69 Å². The van der Waals surface area contributed by atoms with E-state index >= 15 is 0 Å². The first-order chi connectivity index (χ1) is 10.8. The Kier molecular flexibility index (Phi) is 4.95. The zero-order chi connectivity index (χ0) is 17.0. The van der Waals surface area contributed by atoms with Crippen molar-refractivity contribution in [2.45, 2.75) is 18.2 Å². The third kappa shape index (κ3) is 4.49. The molecule has 122 valence electrons. The van der Waals surface area contributed by atoms with E-state index in [-0.39, 0.29) is 4.90 Å². The fourth-order valence-electron chi connectivity index (χ4n) is 2.07. The lowest BCUT2D eigenvalue weighted by atomic mass is 10.2. The lowest BCUT2D eigenvalue weighted by molar-refractivity contribution is -0.387. The summed E-state index contributed by atoms with van der Waals surface area (Å²) in [6.07, 6.45) is 3.45. The molecule has 8 heteroatoms. The predicted molar refractivity (Wildman–Crippen MR) is 87.4 cm³/mol. The van der Waals surface area contributed by atoms with Gasteiger partial charge in [-0.15, -0.1) is 0 Å². The number of hydrogen-bond acceptors (Lipinski definition) is 6. The summed E-state index contributed by atoms with van der Waals surface area (Å²) < 4.78 is 23.4. The van der Waals surface area contributed by atoms with Crippen molar-refractivity contribution in [2.24, 2.45) is 0 Å². The molecule has 2 aromatic rings. The van der Waals surface area contributed by atoms with Crippen LogP contribution in [0.5, 0.6) is 0 Å². The van der Waals surface area contributed by atoms with E-state index in [0.29, 0.717) is 18.7 Å². The Hall–Kier alpha value is -2.48. The van der Waals surface area contributed by atoms with Crippen molar-refractivity contribution in [1.29, 1.82) is 0 Å².